The van der Waals surface area contributed by atoms with Gasteiger partial charge in [0.1, 0.15) is 0 Å². The summed E-state index contributed by atoms with van der Waals surface area (Å²) in [5, 5.41) is 0. The Labute approximate surface area is 323 Å². The zero-order valence-electron chi connectivity index (χ0n) is 40.5. The first kappa shape index (κ1) is 74.2. The summed E-state index contributed by atoms with van der Waals surface area (Å²) in [6.45, 7) is 41.2. The van der Waals surface area contributed by atoms with Crippen molar-refractivity contribution < 1.29 is 0 Å². The molecule has 0 radical (unpaired) electrons. The molecule has 0 atom stereocenters. The van der Waals surface area contributed by atoms with Crippen LogP contribution in [-0.4, -0.2) is 0 Å². The van der Waals surface area contributed by atoms with Gasteiger partial charge < -0.3 is 0 Å². The molecule has 0 unspecified atom stereocenters. The highest BCUT2D eigenvalue weighted by Crippen LogP contribution is 2.17. The smallest absolute Gasteiger partial charge is 0.0533 e. The summed E-state index contributed by atoms with van der Waals surface area (Å²) in [6, 6.07) is 0. The normalized spacial score (nSPS) is 14.2. The Morgan fingerprint density at radius 3 is 0.184 bits per heavy atom. The molecule has 0 saturated heterocycles. The maximum absolute atomic E-state index is 2.12. The quantitative estimate of drug-likeness (QED) is 0.235. The Kier molecular flexibility index (Phi) is 191. The van der Waals surface area contributed by atoms with Gasteiger partial charge in [-0.15, -0.1) is 0 Å². The predicted molar refractivity (Wildman–Crippen MR) is 247 cm³/mol. The van der Waals surface area contributed by atoms with Crippen molar-refractivity contribution in [3.63, 3.8) is 0 Å². The van der Waals surface area contributed by atoms with Gasteiger partial charge in [0.05, 0.1) is 0 Å². The molecule has 4 fully saturated rings. The van der Waals surface area contributed by atoms with E-state index in [0.29, 0.717) is 0 Å². The lowest BCUT2D eigenvalue weighted by Crippen LogP contribution is -1.85. The minimum absolute atomic E-state index is 1.25. The summed E-state index contributed by atoms with van der Waals surface area (Å²) in [7, 11) is 0. The van der Waals surface area contributed by atoms with Gasteiger partial charge in [0.15, 0.2) is 0 Å². The van der Waals surface area contributed by atoms with Crippen LogP contribution in [0.3, 0.4) is 0 Å². The van der Waals surface area contributed by atoms with Crippen molar-refractivity contribution in [2.24, 2.45) is 0 Å². The molecule has 49 heavy (non-hydrogen) atoms. The van der Waals surface area contributed by atoms with Crippen LogP contribution in [0.2, 0.25) is 0 Å². The van der Waals surface area contributed by atoms with Crippen molar-refractivity contribution in [2.45, 2.75) is 325 Å². The third-order valence-corrected chi connectivity index (χ3v) is 6.00. The highest BCUT2D eigenvalue weighted by molar-refractivity contribution is 4.52. The standard InChI is InChI=1S/4C6H12.5C3H8.5C2H6/c4*1-2-4-6-5-3-1;5*1-3-2;5*1-2/h4*1-6H2;5*3H2,1-2H3;5*1-2H3. The van der Waals surface area contributed by atoms with Crippen LogP contribution in [0.25, 0.3) is 0 Å². The molecule has 0 heteroatoms. The fourth-order valence-corrected chi connectivity index (χ4v) is 4.24. The van der Waals surface area contributed by atoms with Gasteiger partial charge >= 0.3 is 0 Å². The number of rotatable bonds is 0. The summed E-state index contributed by atoms with van der Waals surface area (Å²) in [6.07, 6.45) is 42.2. The zero-order chi connectivity index (χ0) is 40.5. The molecule has 0 aliphatic heterocycles. The lowest BCUT2D eigenvalue weighted by atomic mass is 10.0. The van der Waals surface area contributed by atoms with Crippen molar-refractivity contribution in [1.82, 2.24) is 0 Å². The molecule has 0 N–H and O–H groups in total. The molecule has 4 rings (SSSR count). The van der Waals surface area contributed by atoms with Gasteiger partial charge in [-0.3, -0.25) is 0 Å². The fraction of sp³-hybridized carbons (Fsp3) is 1.00. The van der Waals surface area contributed by atoms with E-state index in [1.807, 2.05) is 69.2 Å². The monoisotopic (exact) mass is 707 g/mol. The molecule has 0 amide bonds. The molecular weight excluding hydrogens is 589 g/mol. The van der Waals surface area contributed by atoms with Gasteiger partial charge in [0.2, 0.25) is 0 Å². The summed E-state index contributed by atoms with van der Waals surface area (Å²) in [5.74, 6) is 0. The second-order valence-corrected chi connectivity index (χ2v) is 12.0. The Balaban J connectivity index is -0.0000000430. The first-order valence-electron chi connectivity index (χ1n) is 24.1. The van der Waals surface area contributed by atoms with Gasteiger partial charge in [-0.2, -0.15) is 0 Å². The molecule has 0 aromatic heterocycles. The van der Waals surface area contributed by atoms with Crippen molar-refractivity contribution in [2.75, 3.05) is 0 Å². The van der Waals surface area contributed by atoms with Gasteiger partial charge in [0.25, 0.3) is 0 Å². The van der Waals surface area contributed by atoms with E-state index >= 15 is 0 Å². The van der Waals surface area contributed by atoms with E-state index in [1.165, 1.54) is 186 Å². The Bertz CT molecular complexity index is 160. The highest BCUT2D eigenvalue weighted by Gasteiger charge is 1.97. The molecule has 314 valence electrons. The predicted octanol–water partition coefficient (Wildman–Crippen LogP) is 21.6. The zero-order valence-corrected chi connectivity index (χ0v) is 40.5. The highest BCUT2D eigenvalue weighted by atomic mass is 14.0. The van der Waals surface area contributed by atoms with Crippen LogP contribution in [-0.2, 0) is 0 Å². The first-order valence-corrected chi connectivity index (χ1v) is 24.1. The van der Waals surface area contributed by atoms with Crippen LogP contribution in [0, 0.1) is 0 Å². The Hall–Kier alpha value is 0. The Morgan fingerprint density at radius 1 is 0.143 bits per heavy atom. The SMILES string of the molecule is C1CCCCC1.C1CCCCC1.C1CCCCC1.C1CCCCC1.CC.CC.CC.CC.CC.CCC.CCC.CCC.CCC.CCC. The van der Waals surface area contributed by atoms with Crippen molar-refractivity contribution in [3.8, 4) is 0 Å². The van der Waals surface area contributed by atoms with Crippen LogP contribution in [0.5, 0.6) is 0 Å². The summed E-state index contributed by atoms with van der Waals surface area (Å²) >= 11 is 0. The largest absolute Gasteiger partial charge is 0.0683 e. The van der Waals surface area contributed by atoms with E-state index in [4.69, 9.17) is 0 Å². The minimum atomic E-state index is 1.25. The van der Waals surface area contributed by atoms with Gasteiger partial charge in [-0.1, -0.05) is 325 Å². The maximum Gasteiger partial charge on any atom is -0.0533 e. The molecule has 0 heterocycles. The van der Waals surface area contributed by atoms with Crippen LogP contribution in [0.15, 0.2) is 0 Å². The minimum Gasteiger partial charge on any atom is -0.0683 e. The molecule has 0 nitrogen and oxygen atoms in total. The second kappa shape index (κ2) is 126. The van der Waals surface area contributed by atoms with E-state index in [2.05, 4.69) is 69.2 Å². The van der Waals surface area contributed by atoms with Gasteiger partial charge in [-0.05, 0) is 0 Å². The molecule has 0 aromatic rings. The maximum atomic E-state index is 2.12. The summed E-state index contributed by atoms with van der Waals surface area (Å²) in [4.78, 5) is 0. The van der Waals surface area contributed by atoms with Crippen LogP contribution < -0.4 is 0 Å². The van der Waals surface area contributed by atoms with E-state index in [1.54, 1.807) is 0 Å². The average Bonchev–Trinajstić information content (AvgIpc) is 3.21. The molecule has 4 aliphatic rings. The van der Waals surface area contributed by atoms with Crippen LogP contribution in [0.1, 0.15) is 325 Å². The van der Waals surface area contributed by atoms with Gasteiger partial charge in [0, 0.05) is 0 Å². The van der Waals surface area contributed by atoms with Crippen molar-refractivity contribution >= 4 is 0 Å². The van der Waals surface area contributed by atoms with Crippen LogP contribution >= 0.6 is 0 Å². The fourth-order valence-electron chi connectivity index (χ4n) is 4.24. The van der Waals surface area contributed by atoms with Crippen LogP contribution in [0.4, 0.5) is 0 Å². The van der Waals surface area contributed by atoms with E-state index in [-0.39, 0.29) is 0 Å². The van der Waals surface area contributed by atoms with Crippen molar-refractivity contribution in [1.29, 1.82) is 0 Å². The summed E-state index contributed by atoms with van der Waals surface area (Å²) in [5.41, 5.74) is 0. The van der Waals surface area contributed by atoms with Gasteiger partial charge in [-0.25, -0.2) is 0 Å². The Morgan fingerprint density at radius 2 is 0.163 bits per heavy atom. The van der Waals surface area contributed by atoms with Crippen molar-refractivity contribution in [3.05, 3.63) is 0 Å². The molecule has 4 aliphatic carbocycles. The topological polar surface area (TPSA) is 0 Å². The molecular formula is C49H118. The molecule has 4 saturated carbocycles. The van der Waals surface area contributed by atoms with E-state index in [9.17, 15) is 0 Å². The number of hydrogen-bond acceptors (Lipinski definition) is 0. The lowest BCUT2D eigenvalue weighted by molar-refractivity contribution is 0.504. The average molecular weight is 707 g/mol. The molecule has 0 aromatic carbocycles. The third kappa shape index (κ3) is 176. The molecule has 0 bridgehead atoms. The molecule has 0 spiro atoms. The third-order valence-electron chi connectivity index (χ3n) is 6.00. The first-order chi connectivity index (χ1) is 24.1. The van der Waals surface area contributed by atoms with E-state index in [0.717, 1.165) is 0 Å². The number of hydrogen-bond donors (Lipinski definition) is 0. The lowest BCUT2D eigenvalue weighted by Gasteiger charge is -2.05. The van der Waals surface area contributed by atoms with E-state index < -0.39 is 0 Å². The second-order valence-electron chi connectivity index (χ2n) is 12.0. The summed E-state index contributed by atoms with van der Waals surface area (Å²) < 4.78 is 0.